The van der Waals surface area contributed by atoms with Crippen LogP contribution in [0.4, 0.5) is 16.2 Å². The monoisotopic (exact) mass is 410 g/mol. The third kappa shape index (κ3) is 4.73. The van der Waals surface area contributed by atoms with Gasteiger partial charge in [0.2, 0.25) is 0 Å². The number of amides is 2. The molecule has 0 bridgehead atoms. The first-order valence-corrected chi connectivity index (χ1v) is 7.77. The summed E-state index contributed by atoms with van der Waals surface area (Å²) in [5.74, 6) is -0.242. The van der Waals surface area contributed by atoms with Crippen LogP contribution in [-0.2, 0) is 4.74 Å². The predicted molar refractivity (Wildman–Crippen MR) is 94.2 cm³/mol. The molecule has 0 heterocycles. The van der Waals surface area contributed by atoms with Gasteiger partial charge in [0.1, 0.15) is 0 Å². The summed E-state index contributed by atoms with van der Waals surface area (Å²) < 4.78 is 5.90. The van der Waals surface area contributed by atoms with Crippen LogP contribution in [0.2, 0.25) is 0 Å². The second-order valence-electron chi connectivity index (χ2n) is 4.39. The number of hydrogen-bond donors (Lipinski definition) is 2. The van der Waals surface area contributed by atoms with Crippen LogP contribution in [0.15, 0.2) is 48.5 Å². The van der Waals surface area contributed by atoms with Crippen LogP contribution in [0, 0.1) is 3.57 Å². The lowest BCUT2D eigenvalue weighted by Gasteiger charge is -2.08. The van der Waals surface area contributed by atoms with Gasteiger partial charge in [0.15, 0.2) is 0 Å². The molecule has 2 amide bonds. The molecule has 0 aliphatic rings. The zero-order valence-corrected chi connectivity index (χ0v) is 14.1. The number of anilines is 2. The highest BCUT2D eigenvalue weighted by molar-refractivity contribution is 14.1. The van der Waals surface area contributed by atoms with E-state index in [-0.39, 0.29) is 5.91 Å². The normalized spacial score (nSPS) is 9.91. The van der Waals surface area contributed by atoms with Crippen LogP contribution >= 0.6 is 22.6 Å². The van der Waals surface area contributed by atoms with Gasteiger partial charge in [0.25, 0.3) is 5.91 Å². The van der Waals surface area contributed by atoms with Crippen LogP contribution in [0.5, 0.6) is 0 Å². The van der Waals surface area contributed by atoms with Crippen molar-refractivity contribution in [2.75, 3.05) is 17.2 Å². The fourth-order valence-corrected chi connectivity index (χ4v) is 2.12. The van der Waals surface area contributed by atoms with Crippen molar-refractivity contribution in [3.63, 3.8) is 0 Å². The lowest BCUT2D eigenvalue weighted by atomic mass is 10.2. The van der Waals surface area contributed by atoms with E-state index in [0.29, 0.717) is 23.5 Å². The van der Waals surface area contributed by atoms with Gasteiger partial charge >= 0.3 is 6.09 Å². The smallest absolute Gasteiger partial charge is 0.411 e. The van der Waals surface area contributed by atoms with Crippen molar-refractivity contribution >= 4 is 46.0 Å². The quantitative estimate of drug-likeness (QED) is 0.746. The van der Waals surface area contributed by atoms with Gasteiger partial charge in [-0.25, -0.2) is 4.79 Å². The van der Waals surface area contributed by atoms with Crippen molar-refractivity contribution in [1.29, 1.82) is 0 Å². The van der Waals surface area contributed by atoms with E-state index in [1.165, 1.54) is 0 Å². The minimum atomic E-state index is -0.544. The van der Waals surface area contributed by atoms with E-state index in [1.54, 1.807) is 31.2 Å². The van der Waals surface area contributed by atoms with Crippen molar-refractivity contribution in [1.82, 2.24) is 0 Å². The summed E-state index contributed by atoms with van der Waals surface area (Å²) in [6.07, 6.45) is -0.544. The summed E-state index contributed by atoms with van der Waals surface area (Å²) >= 11 is 2.20. The van der Waals surface area contributed by atoms with Crippen LogP contribution < -0.4 is 10.6 Å². The number of benzene rings is 2. The highest BCUT2D eigenvalue weighted by atomic mass is 127. The molecule has 0 spiro atoms. The first-order valence-electron chi connectivity index (χ1n) is 6.69. The van der Waals surface area contributed by atoms with E-state index in [1.807, 2.05) is 24.3 Å². The van der Waals surface area contributed by atoms with E-state index in [2.05, 4.69) is 33.2 Å². The zero-order chi connectivity index (χ0) is 15.9. The van der Waals surface area contributed by atoms with Crippen LogP contribution in [-0.4, -0.2) is 18.6 Å². The number of carbonyl (C=O) groups excluding carboxylic acids is 2. The Morgan fingerprint density at radius 2 is 1.77 bits per heavy atom. The maximum atomic E-state index is 12.2. The molecule has 114 valence electrons. The predicted octanol–water partition coefficient (Wildman–Crippen LogP) is 4.11. The highest BCUT2D eigenvalue weighted by Gasteiger charge is 2.08. The topological polar surface area (TPSA) is 67.4 Å². The summed E-state index contributed by atoms with van der Waals surface area (Å²) in [5, 5.41) is 5.37. The number of rotatable bonds is 4. The Kier molecular flexibility index (Phi) is 5.76. The molecule has 22 heavy (non-hydrogen) atoms. The van der Waals surface area contributed by atoms with Crippen LogP contribution in [0.25, 0.3) is 0 Å². The molecule has 0 atom stereocenters. The van der Waals surface area contributed by atoms with Gasteiger partial charge in [0.05, 0.1) is 6.61 Å². The standard InChI is InChI=1S/C16H15IN2O3/c1-2-22-16(21)19-14-5-3-4-11(10-14)15(20)18-13-8-6-12(17)7-9-13/h3-10H,2H2,1H3,(H,18,20)(H,19,21). The maximum Gasteiger partial charge on any atom is 0.411 e. The molecule has 0 fully saturated rings. The molecule has 0 aliphatic heterocycles. The van der Waals surface area contributed by atoms with Gasteiger partial charge < -0.3 is 10.1 Å². The average molecular weight is 410 g/mol. The first kappa shape index (κ1) is 16.3. The molecule has 5 nitrogen and oxygen atoms in total. The molecule has 2 N–H and O–H groups in total. The SMILES string of the molecule is CCOC(=O)Nc1cccc(C(=O)Nc2ccc(I)cc2)c1. The fourth-order valence-electron chi connectivity index (χ4n) is 1.76. The second-order valence-corrected chi connectivity index (χ2v) is 5.63. The zero-order valence-electron chi connectivity index (χ0n) is 11.9. The third-order valence-electron chi connectivity index (χ3n) is 2.75. The average Bonchev–Trinajstić information content (AvgIpc) is 2.50. The van der Waals surface area contributed by atoms with E-state index in [0.717, 1.165) is 3.57 Å². The van der Waals surface area contributed by atoms with Crippen molar-refractivity contribution in [2.24, 2.45) is 0 Å². The number of halogens is 1. The maximum absolute atomic E-state index is 12.2. The minimum Gasteiger partial charge on any atom is -0.450 e. The highest BCUT2D eigenvalue weighted by Crippen LogP contribution is 2.15. The molecule has 0 saturated carbocycles. The second kappa shape index (κ2) is 7.79. The molecule has 0 radical (unpaired) electrons. The van der Waals surface area contributed by atoms with Crippen molar-refractivity contribution in [3.8, 4) is 0 Å². The Labute approximate surface area is 142 Å². The number of ether oxygens (including phenoxy) is 1. The first-order chi connectivity index (χ1) is 10.6. The molecule has 0 unspecified atom stereocenters. The van der Waals surface area contributed by atoms with E-state index < -0.39 is 6.09 Å². The van der Waals surface area contributed by atoms with E-state index >= 15 is 0 Å². The summed E-state index contributed by atoms with van der Waals surface area (Å²) in [7, 11) is 0. The van der Waals surface area contributed by atoms with Gasteiger partial charge in [0, 0.05) is 20.5 Å². The van der Waals surface area contributed by atoms with Crippen molar-refractivity contribution < 1.29 is 14.3 Å². The summed E-state index contributed by atoms with van der Waals surface area (Å²) in [6, 6.07) is 14.2. The van der Waals surface area contributed by atoms with Crippen LogP contribution in [0.3, 0.4) is 0 Å². The van der Waals surface area contributed by atoms with Crippen LogP contribution in [0.1, 0.15) is 17.3 Å². The summed E-state index contributed by atoms with van der Waals surface area (Å²) in [5.41, 5.74) is 1.68. The Morgan fingerprint density at radius 1 is 1.05 bits per heavy atom. The number of hydrogen-bond acceptors (Lipinski definition) is 3. The number of nitrogens with one attached hydrogen (secondary N) is 2. The Bertz CT molecular complexity index is 671. The Balaban J connectivity index is 2.06. The largest absolute Gasteiger partial charge is 0.450 e. The Morgan fingerprint density at radius 3 is 2.45 bits per heavy atom. The molecule has 2 aromatic rings. The van der Waals surface area contributed by atoms with E-state index in [4.69, 9.17) is 4.74 Å². The lowest BCUT2D eigenvalue weighted by Crippen LogP contribution is -2.15. The molecule has 2 aromatic carbocycles. The molecule has 0 saturated heterocycles. The van der Waals surface area contributed by atoms with Gasteiger partial charge in [-0.1, -0.05) is 6.07 Å². The number of carbonyl (C=O) groups is 2. The molecular weight excluding hydrogens is 395 g/mol. The van der Waals surface area contributed by atoms with Crippen molar-refractivity contribution in [2.45, 2.75) is 6.92 Å². The molecule has 2 rings (SSSR count). The third-order valence-corrected chi connectivity index (χ3v) is 3.47. The van der Waals surface area contributed by atoms with E-state index in [9.17, 15) is 9.59 Å². The molecule has 0 aromatic heterocycles. The van der Waals surface area contributed by atoms with Gasteiger partial charge in [-0.2, -0.15) is 0 Å². The van der Waals surface area contributed by atoms with Gasteiger partial charge in [-0.3, -0.25) is 10.1 Å². The molecule has 0 aliphatic carbocycles. The van der Waals surface area contributed by atoms with Gasteiger partial charge in [-0.15, -0.1) is 0 Å². The summed E-state index contributed by atoms with van der Waals surface area (Å²) in [6.45, 7) is 2.02. The minimum absolute atomic E-state index is 0.242. The molecule has 6 heteroatoms. The van der Waals surface area contributed by atoms with Gasteiger partial charge in [-0.05, 0) is 72.0 Å². The summed E-state index contributed by atoms with van der Waals surface area (Å²) in [4.78, 5) is 23.6. The van der Waals surface area contributed by atoms with Crippen molar-refractivity contribution in [3.05, 3.63) is 57.7 Å². The lowest BCUT2D eigenvalue weighted by molar-refractivity contribution is 0.102. The molecular formula is C16H15IN2O3. The Hall–Kier alpha value is -2.09. The fraction of sp³-hybridized carbons (Fsp3) is 0.125.